The van der Waals surface area contributed by atoms with Crippen molar-refractivity contribution in [2.45, 2.75) is 31.4 Å². The van der Waals surface area contributed by atoms with Crippen LogP contribution in [0, 0.1) is 0 Å². The second-order valence-electron chi connectivity index (χ2n) is 8.34. The first kappa shape index (κ1) is 22.9. The van der Waals surface area contributed by atoms with Gasteiger partial charge in [-0.1, -0.05) is 6.07 Å². The van der Waals surface area contributed by atoms with Gasteiger partial charge in [-0.2, -0.15) is 0 Å². The van der Waals surface area contributed by atoms with Crippen LogP contribution in [0.25, 0.3) is 20.7 Å². The van der Waals surface area contributed by atoms with E-state index >= 15 is 0 Å². The molecular weight excluding hydrogens is 518 g/mol. The van der Waals surface area contributed by atoms with Crippen molar-refractivity contribution in [1.29, 1.82) is 0 Å². The molecule has 1 amide bonds. The number of hydrogen-bond donors (Lipinski definition) is 2. The Morgan fingerprint density at radius 3 is 2.76 bits per heavy atom. The number of rotatable bonds is 7. The lowest BCUT2D eigenvalue weighted by molar-refractivity contribution is -0.127. The van der Waals surface area contributed by atoms with Gasteiger partial charge in [-0.3, -0.25) is 4.79 Å². The maximum absolute atomic E-state index is 12.9. The number of primary amides is 1. The number of aromatic nitrogens is 2. The van der Waals surface area contributed by atoms with Crippen molar-refractivity contribution >= 4 is 55.2 Å². The van der Waals surface area contributed by atoms with Crippen molar-refractivity contribution in [3.8, 4) is 10.6 Å². The largest absolute Gasteiger partial charge is 0.437 e. The second kappa shape index (κ2) is 9.09. The minimum atomic E-state index is -1.40. The number of nitrogens with two attached hydrogens (primary N) is 1. The van der Waals surface area contributed by atoms with Crippen LogP contribution in [0.3, 0.4) is 0 Å². The Morgan fingerprint density at radius 2 is 2.09 bits per heavy atom. The summed E-state index contributed by atoms with van der Waals surface area (Å²) in [6, 6.07) is 7.77. The quantitative estimate of drug-likeness (QED) is 0.347. The molecule has 1 fully saturated rings. The van der Waals surface area contributed by atoms with Gasteiger partial charge in [0.2, 0.25) is 11.5 Å². The summed E-state index contributed by atoms with van der Waals surface area (Å²) in [5, 5.41) is 4.15. The summed E-state index contributed by atoms with van der Waals surface area (Å²) in [4.78, 5) is 37.2. The lowest BCUT2D eigenvalue weighted by Gasteiger charge is -2.34. The number of carbonyl (C=O) groups is 2. The van der Waals surface area contributed by atoms with Crippen LogP contribution in [-0.2, 0) is 9.53 Å². The number of hydrogen-bond acceptors (Lipinski definition) is 8. The number of amides is 1. The zero-order valence-corrected chi connectivity index (χ0v) is 21.0. The average Bonchev–Trinajstić information content (AvgIpc) is 3.50. The van der Waals surface area contributed by atoms with Gasteiger partial charge in [-0.25, -0.2) is 14.8 Å². The smallest absolute Gasteiger partial charge is 0.340 e. The molecular formula is C24H24BrN5O3S. The first-order valence-corrected chi connectivity index (χ1v) is 12.8. The molecule has 3 N–H and O–H groups in total. The molecule has 5 rings (SSSR count). The number of anilines is 1. The highest BCUT2D eigenvalue weighted by molar-refractivity contribution is 9.10. The normalized spacial score (nSPS) is 17.0. The molecule has 3 aromatic rings. The third-order valence-electron chi connectivity index (χ3n) is 6.21. The molecule has 3 heterocycles. The molecule has 2 aliphatic rings. The monoisotopic (exact) mass is 541 g/mol. The number of thiophene rings is 1. The number of ether oxygens (including phenoxy) is 1. The highest BCUT2D eigenvalue weighted by atomic mass is 79.9. The molecule has 0 radical (unpaired) electrons. The third kappa shape index (κ3) is 4.21. The summed E-state index contributed by atoms with van der Waals surface area (Å²) >= 11 is 5.14. The van der Waals surface area contributed by atoms with E-state index in [-0.39, 0.29) is 0 Å². The summed E-state index contributed by atoms with van der Waals surface area (Å²) in [5.74, 6) is -0.595. The van der Waals surface area contributed by atoms with Gasteiger partial charge < -0.3 is 20.7 Å². The van der Waals surface area contributed by atoms with Crippen molar-refractivity contribution in [2.75, 3.05) is 24.5 Å². The maximum Gasteiger partial charge on any atom is 0.340 e. The van der Waals surface area contributed by atoms with Crippen molar-refractivity contribution in [2.24, 2.45) is 5.73 Å². The van der Waals surface area contributed by atoms with Crippen molar-refractivity contribution < 1.29 is 14.3 Å². The Kier molecular flexibility index (Phi) is 6.13. The van der Waals surface area contributed by atoms with Crippen molar-refractivity contribution in [1.82, 2.24) is 15.3 Å². The number of nitrogens with zero attached hydrogens (tertiary/aromatic N) is 3. The van der Waals surface area contributed by atoms with Gasteiger partial charge in [0.15, 0.2) is 0 Å². The molecule has 0 atom stereocenters. The van der Waals surface area contributed by atoms with Crippen LogP contribution in [-0.4, -0.2) is 53.1 Å². The molecule has 0 saturated carbocycles. The van der Waals surface area contributed by atoms with E-state index in [1.54, 1.807) is 18.3 Å². The van der Waals surface area contributed by atoms with Gasteiger partial charge in [0.05, 0.1) is 14.9 Å². The minimum Gasteiger partial charge on any atom is -0.437 e. The lowest BCUT2D eigenvalue weighted by atomic mass is 10.1. The first-order valence-electron chi connectivity index (χ1n) is 11.2. The van der Waals surface area contributed by atoms with Crippen LogP contribution in [0.15, 0.2) is 47.1 Å². The highest BCUT2D eigenvalue weighted by Gasteiger charge is 2.45. The summed E-state index contributed by atoms with van der Waals surface area (Å²) in [5.41, 5.74) is 5.12. The lowest BCUT2D eigenvalue weighted by Crippen LogP contribution is -2.44. The van der Waals surface area contributed by atoms with Crippen LogP contribution >= 0.6 is 27.3 Å². The first-order chi connectivity index (χ1) is 16.4. The topological polar surface area (TPSA) is 110 Å². The fourth-order valence-electron chi connectivity index (χ4n) is 4.27. The van der Waals surface area contributed by atoms with Crippen LogP contribution < -0.4 is 16.0 Å². The number of esters is 1. The van der Waals surface area contributed by atoms with E-state index in [0.29, 0.717) is 17.6 Å². The molecule has 0 spiro atoms. The predicted molar refractivity (Wildman–Crippen MR) is 136 cm³/mol. The third-order valence-corrected chi connectivity index (χ3v) is 7.90. The van der Waals surface area contributed by atoms with Gasteiger partial charge in [0.1, 0.15) is 5.69 Å². The molecule has 10 heteroatoms. The van der Waals surface area contributed by atoms with Crippen molar-refractivity contribution in [3.63, 3.8) is 0 Å². The zero-order valence-electron chi connectivity index (χ0n) is 18.6. The van der Waals surface area contributed by atoms with Crippen molar-refractivity contribution in [3.05, 3.63) is 52.7 Å². The molecule has 0 bridgehead atoms. The Labute approximate surface area is 209 Å². The Bertz CT molecular complexity index is 1300. The summed E-state index contributed by atoms with van der Waals surface area (Å²) < 4.78 is 7.11. The number of fused-ring (bicyclic) bond motifs is 1. The number of benzene rings is 1. The zero-order chi connectivity index (χ0) is 23.9. The summed E-state index contributed by atoms with van der Waals surface area (Å²) in [7, 11) is 0. The summed E-state index contributed by atoms with van der Waals surface area (Å²) in [6.07, 6.45) is 6.86. The molecule has 1 aliphatic heterocycles. The Hall–Kier alpha value is -2.82. The SMILES string of the molecule is CCN(c1ncc(Br)c(-c2cc3c(C(=O)OC4(C(N)=O)C=C4)cccc3s2)n1)C1CCNCC1. The molecule has 34 heavy (non-hydrogen) atoms. The number of carbonyl (C=O) groups excluding carboxylic acids is 2. The standard InChI is InChI=1S/C24H24BrN5O3S/c1-2-30(14-6-10-27-11-7-14)23-28-13-17(25)20(29-23)19-12-16-15(4-3-5-18(16)34-19)21(31)33-24(8-9-24)22(26)32/h3-5,8-9,12-14,27H,2,6-7,10-11H2,1H3,(H2,26,32). The van der Waals surface area contributed by atoms with E-state index in [4.69, 9.17) is 15.5 Å². The number of nitrogens with one attached hydrogen (secondary N) is 1. The van der Waals surface area contributed by atoms with E-state index in [9.17, 15) is 9.59 Å². The molecule has 1 aromatic carbocycles. The van der Waals surface area contributed by atoms with E-state index < -0.39 is 17.5 Å². The van der Waals surface area contributed by atoms with Gasteiger partial charge in [0.25, 0.3) is 5.91 Å². The maximum atomic E-state index is 12.9. The van der Waals surface area contributed by atoms with Gasteiger partial charge in [-0.05, 0) is 79.1 Å². The molecule has 1 aliphatic carbocycles. The predicted octanol–water partition coefficient (Wildman–Crippen LogP) is 3.65. The Balaban J connectivity index is 1.49. The number of halogens is 1. The van der Waals surface area contributed by atoms with Crippen LogP contribution in [0.5, 0.6) is 0 Å². The van der Waals surface area contributed by atoms with E-state index in [0.717, 1.165) is 57.6 Å². The molecule has 176 valence electrons. The molecule has 2 aromatic heterocycles. The van der Waals surface area contributed by atoms with Gasteiger partial charge in [-0.15, -0.1) is 11.3 Å². The molecule has 8 nitrogen and oxygen atoms in total. The summed E-state index contributed by atoms with van der Waals surface area (Å²) in [6.45, 7) is 4.93. The minimum absolute atomic E-state index is 0.379. The fraction of sp³-hybridized carbons (Fsp3) is 0.333. The van der Waals surface area contributed by atoms with Gasteiger partial charge >= 0.3 is 5.97 Å². The molecule has 0 unspecified atom stereocenters. The van der Waals surface area contributed by atoms with E-state index in [2.05, 4.69) is 38.1 Å². The van der Waals surface area contributed by atoms with Crippen LogP contribution in [0.1, 0.15) is 30.1 Å². The van der Waals surface area contributed by atoms with Crippen LogP contribution in [0.2, 0.25) is 0 Å². The van der Waals surface area contributed by atoms with Crippen LogP contribution in [0.4, 0.5) is 5.95 Å². The second-order valence-corrected chi connectivity index (χ2v) is 10.3. The van der Waals surface area contributed by atoms with E-state index in [1.807, 2.05) is 12.1 Å². The number of piperidine rings is 1. The van der Waals surface area contributed by atoms with Gasteiger partial charge in [0, 0.05) is 28.9 Å². The molecule has 1 saturated heterocycles. The Morgan fingerprint density at radius 1 is 1.32 bits per heavy atom. The van der Waals surface area contributed by atoms with E-state index in [1.165, 1.54) is 23.5 Å². The highest BCUT2D eigenvalue weighted by Crippen LogP contribution is 2.39. The fourth-order valence-corrected chi connectivity index (χ4v) is 5.90. The average molecular weight is 542 g/mol.